The number of carbonyl (C=O) groups is 1. The van der Waals surface area contributed by atoms with Crippen LogP contribution in [0.4, 0.5) is 0 Å². The summed E-state index contributed by atoms with van der Waals surface area (Å²) in [6, 6.07) is 21.6. The number of carbonyl (C=O) groups excluding carboxylic acids is 1. The van der Waals surface area contributed by atoms with Gasteiger partial charge in [0.25, 0.3) is 8.32 Å². The van der Waals surface area contributed by atoms with Gasteiger partial charge in [-0.1, -0.05) is 101 Å². The normalized spacial score (nSPS) is 20.1. The van der Waals surface area contributed by atoms with Crippen molar-refractivity contribution in [2.45, 2.75) is 70.9 Å². The molecule has 1 aliphatic heterocycles. The summed E-state index contributed by atoms with van der Waals surface area (Å²) in [7, 11) is -2.57. The van der Waals surface area contributed by atoms with Gasteiger partial charge in [-0.05, 0) is 34.2 Å². The van der Waals surface area contributed by atoms with Crippen molar-refractivity contribution in [2.24, 2.45) is 5.92 Å². The van der Waals surface area contributed by atoms with E-state index < -0.39 is 8.32 Å². The van der Waals surface area contributed by atoms with Gasteiger partial charge in [0.05, 0.1) is 12.6 Å². The number of rotatable bonds is 8. The highest BCUT2D eigenvalue weighted by atomic mass is 28.4. The van der Waals surface area contributed by atoms with E-state index in [1.165, 1.54) is 23.2 Å². The molecular weight excluding hydrogens is 386 g/mol. The van der Waals surface area contributed by atoms with E-state index in [1.807, 2.05) is 0 Å². The lowest BCUT2D eigenvalue weighted by atomic mass is 9.87. The molecule has 1 amide bonds. The molecule has 0 radical (unpaired) electrons. The van der Waals surface area contributed by atoms with Crippen LogP contribution in [-0.2, 0) is 9.22 Å². The summed E-state index contributed by atoms with van der Waals surface area (Å²) in [5.74, 6) is 0.666. The van der Waals surface area contributed by atoms with Gasteiger partial charge in [0.1, 0.15) is 0 Å². The van der Waals surface area contributed by atoms with Crippen LogP contribution in [0.1, 0.15) is 59.8 Å². The summed E-state index contributed by atoms with van der Waals surface area (Å²) in [5.41, 5.74) is 0. The number of hydrogen-bond acceptors (Lipinski definition) is 2. The standard InChI is InChI=1S/C26H37NO2Si/c1-5-6-13-21-18-19-25(28)27-24(21)20-29-30(26(2,3)4,22-14-9-7-10-15-22)23-16-11-8-12-17-23/h7-12,14-17,21,24H,5-6,13,18-20H2,1-4H3,(H,27,28)/t21-,24-/m1/s1. The lowest BCUT2D eigenvalue weighted by molar-refractivity contribution is -0.124. The SMILES string of the molecule is CCCC[C@@H]1CCC(=O)N[C@@H]1CO[Si](c1ccccc1)(c1ccccc1)C(C)(C)C. The van der Waals surface area contributed by atoms with E-state index in [-0.39, 0.29) is 17.0 Å². The Balaban J connectivity index is 1.97. The minimum atomic E-state index is -2.57. The van der Waals surface area contributed by atoms with Crippen molar-refractivity contribution in [1.29, 1.82) is 0 Å². The minimum absolute atomic E-state index is 0.0483. The molecular formula is C26H37NO2Si. The first-order valence-electron chi connectivity index (χ1n) is 11.4. The fourth-order valence-electron chi connectivity index (χ4n) is 4.88. The molecule has 0 bridgehead atoms. The number of hydrogen-bond donors (Lipinski definition) is 1. The van der Waals surface area contributed by atoms with Crippen LogP contribution in [0.5, 0.6) is 0 Å². The van der Waals surface area contributed by atoms with Gasteiger partial charge in [0.2, 0.25) is 5.91 Å². The number of benzene rings is 2. The summed E-state index contributed by atoms with van der Waals surface area (Å²) in [6.45, 7) is 9.70. The van der Waals surface area contributed by atoms with E-state index in [2.05, 4.69) is 93.7 Å². The van der Waals surface area contributed by atoms with Crippen molar-refractivity contribution in [2.75, 3.05) is 6.61 Å². The van der Waals surface area contributed by atoms with Crippen LogP contribution >= 0.6 is 0 Å². The van der Waals surface area contributed by atoms with E-state index in [4.69, 9.17) is 4.43 Å². The lowest BCUT2D eigenvalue weighted by Gasteiger charge is -2.44. The molecule has 2 atom stereocenters. The highest BCUT2D eigenvalue weighted by molar-refractivity contribution is 6.99. The molecule has 1 N–H and O–H groups in total. The number of nitrogens with one attached hydrogen (secondary N) is 1. The number of piperidine rings is 1. The van der Waals surface area contributed by atoms with Crippen LogP contribution in [0.25, 0.3) is 0 Å². The third-order valence-corrected chi connectivity index (χ3v) is 11.5. The van der Waals surface area contributed by atoms with Crippen LogP contribution < -0.4 is 15.7 Å². The third kappa shape index (κ3) is 4.87. The average Bonchev–Trinajstić information content (AvgIpc) is 2.74. The summed E-state index contributed by atoms with van der Waals surface area (Å²) >= 11 is 0. The molecule has 1 heterocycles. The van der Waals surface area contributed by atoms with Crippen LogP contribution in [-0.4, -0.2) is 26.9 Å². The van der Waals surface area contributed by atoms with Crippen molar-refractivity contribution in [3.8, 4) is 0 Å². The van der Waals surface area contributed by atoms with Gasteiger partial charge >= 0.3 is 0 Å². The largest absolute Gasteiger partial charge is 0.405 e. The maximum Gasteiger partial charge on any atom is 0.261 e. The lowest BCUT2D eigenvalue weighted by Crippen LogP contribution is -2.67. The molecule has 1 aliphatic rings. The molecule has 30 heavy (non-hydrogen) atoms. The molecule has 0 aromatic heterocycles. The Bertz CT molecular complexity index is 761. The Morgan fingerprint density at radius 3 is 2.07 bits per heavy atom. The quantitative estimate of drug-likeness (QED) is 0.628. The second-order valence-corrected chi connectivity index (χ2v) is 13.9. The Hall–Kier alpha value is -1.91. The van der Waals surface area contributed by atoms with Crippen molar-refractivity contribution in [3.63, 3.8) is 0 Å². The molecule has 2 aromatic carbocycles. The van der Waals surface area contributed by atoms with Gasteiger partial charge in [-0.25, -0.2) is 0 Å². The van der Waals surface area contributed by atoms with Crippen LogP contribution in [0.2, 0.25) is 5.04 Å². The molecule has 0 aliphatic carbocycles. The highest BCUT2D eigenvalue weighted by Gasteiger charge is 2.50. The molecule has 0 unspecified atom stereocenters. The van der Waals surface area contributed by atoms with E-state index in [9.17, 15) is 4.79 Å². The summed E-state index contributed by atoms with van der Waals surface area (Å²) < 4.78 is 7.09. The molecule has 4 heteroatoms. The molecule has 162 valence electrons. The van der Waals surface area contributed by atoms with Gasteiger partial charge < -0.3 is 9.74 Å². The fraction of sp³-hybridized carbons (Fsp3) is 0.500. The monoisotopic (exact) mass is 423 g/mol. The average molecular weight is 424 g/mol. The molecule has 0 spiro atoms. The van der Waals surface area contributed by atoms with Crippen LogP contribution in [0.3, 0.4) is 0 Å². The second kappa shape index (κ2) is 9.93. The summed E-state index contributed by atoms with van der Waals surface area (Å²) in [4.78, 5) is 12.2. The minimum Gasteiger partial charge on any atom is -0.405 e. The molecule has 3 rings (SSSR count). The Kier molecular flexibility index (Phi) is 7.53. The first-order chi connectivity index (χ1) is 14.4. The number of amides is 1. The summed E-state index contributed by atoms with van der Waals surface area (Å²) in [6.07, 6.45) is 5.17. The van der Waals surface area contributed by atoms with Crippen molar-refractivity contribution < 1.29 is 9.22 Å². The molecule has 2 aromatic rings. The smallest absolute Gasteiger partial charge is 0.261 e. The zero-order chi connectivity index (χ0) is 21.6. The van der Waals surface area contributed by atoms with E-state index >= 15 is 0 Å². The Morgan fingerprint density at radius 2 is 1.57 bits per heavy atom. The van der Waals surface area contributed by atoms with E-state index in [1.54, 1.807) is 0 Å². The zero-order valence-electron chi connectivity index (χ0n) is 19.0. The maximum absolute atomic E-state index is 12.2. The topological polar surface area (TPSA) is 38.3 Å². The van der Waals surface area contributed by atoms with Crippen LogP contribution in [0.15, 0.2) is 60.7 Å². The number of unbranched alkanes of at least 4 members (excludes halogenated alkanes) is 1. The first-order valence-corrected chi connectivity index (χ1v) is 13.3. The Morgan fingerprint density at radius 1 is 1.00 bits per heavy atom. The van der Waals surface area contributed by atoms with Gasteiger partial charge in [-0.2, -0.15) is 0 Å². The molecule has 3 nitrogen and oxygen atoms in total. The predicted octanol–water partition coefficient (Wildman–Crippen LogP) is 4.65. The first kappa shape index (κ1) is 22.8. The highest BCUT2D eigenvalue weighted by Crippen LogP contribution is 2.37. The molecule has 0 saturated carbocycles. The molecule has 1 fully saturated rings. The summed E-state index contributed by atoms with van der Waals surface area (Å²) in [5, 5.41) is 5.79. The second-order valence-electron chi connectivity index (χ2n) is 9.59. The van der Waals surface area contributed by atoms with Crippen LogP contribution in [0, 0.1) is 5.92 Å². The third-order valence-electron chi connectivity index (χ3n) is 6.48. The Labute approximate surface area is 183 Å². The van der Waals surface area contributed by atoms with Crippen molar-refractivity contribution in [1.82, 2.24) is 5.32 Å². The predicted molar refractivity (Wildman–Crippen MR) is 128 cm³/mol. The fourth-order valence-corrected chi connectivity index (χ4v) is 9.47. The van der Waals surface area contributed by atoms with Gasteiger partial charge in [-0.3, -0.25) is 4.79 Å². The van der Waals surface area contributed by atoms with Crippen molar-refractivity contribution in [3.05, 3.63) is 60.7 Å². The van der Waals surface area contributed by atoms with Crippen molar-refractivity contribution >= 4 is 24.6 Å². The molecule has 1 saturated heterocycles. The van der Waals surface area contributed by atoms with Gasteiger partial charge in [-0.15, -0.1) is 0 Å². The maximum atomic E-state index is 12.2. The van der Waals surface area contributed by atoms with Gasteiger partial charge in [0.15, 0.2) is 0 Å². The van der Waals surface area contributed by atoms with E-state index in [0.29, 0.717) is 18.9 Å². The van der Waals surface area contributed by atoms with Gasteiger partial charge in [0, 0.05) is 6.42 Å². The van der Waals surface area contributed by atoms with E-state index in [0.717, 1.165) is 12.8 Å². The zero-order valence-corrected chi connectivity index (χ0v) is 20.0.